The van der Waals surface area contributed by atoms with E-state index in [-0.39, 0.29) is 6.03 Å². The van der Waals surface area contributed by atoms with E-state index < -0.39 is 0 Å². The van der Waals surface area contributed by atoms with Crippen LogP contribution in [0.1, 0.15) is 32.1 Å². The number of amides is 2. The van der Waals surface area contributed by atoms with Crippen LogP contribution >= 0.6 is 11.6 Å². The van der Waals surface area contributed by atoms with E-state index in [9.17, 15) is 4.79 Å². The third-order valence-electron chi connectivity index (χ3n) is 6.00. The van der Waals surface area contributed by atoms with E-state index in [2.05, 4.69) is 27.2 Å². The molecule has 1 heterocycles. The maximum Gasteiger partial charge on any atom is 0.317 e. The number of anilines is 1. The second-order valence-corrected chi connectivity index (χ2v) is 8.59. The average Bonchev–Trinajstić information content (AvgIpc) is 2.68. The van der Waals surface area contributed by atoms with Gasteiger partial charge in [-0.3, -0.25) is 4.90 Å². The van der Waals surface area contributed by atoms with Crippen molar-refractivity contribution in [1.29, 1.82) is 0 Å². The molecule has 3 rings (SSSR count). The van der Waals surface area contributed by atoms with Gasteiger partial charge in [0.1, 0.15) is 0 Å². The predicted octanol–water partition coefficient (Wildman–Crippen LogP) is 3.68. The van der Waals surface area contributed by atoms with Gasteiger partial charge in [-0.05, 0) is 68.8 Å². The van der Waals surface area contributed by atoms with Gasteiger partial charge >= 0.3 is 6.03 Å². The summed E-state index contributed by atoms with van der Waals surface area (Å²) < 4.78 is 0. The molecule has 5 nitrogen and oxygen atoms in total. The van der Waals surface area contributed by atoms with Crippen LogP contribution in [0.25, 0.3) is 0 Å². The number of carbonyl (C=O) groups excluding carboxylic acids is 1. The summed E-state index contributed by atoms with van der Waals surface area (Å²) in [6, 6.07) is 8.58. The molecule has 2 amide bonds. The normalized spacial score (nSPS) is 23.9. The first-order valence-corrected chi connectivity index (χ1v) is 10.6. The van der Waals surface area contributed by atoms with E-state index in [1.807, 2.05) is 12.1 Å². The highest BCUT2D eigenvalue weighted by Crippen LogP contribution is 2.27. The number of nitrogens with zero attached hydrogens (tertiary/aromatic N) is 3. The van der Waals surface area contributed by atoms with Gasteiger partial charge in [-0.1, -0.05) is 11.6 Å². The van der Waals surface area contributed by atoms with Crippen LogP contribution in [0.5, 0.6) is 0 Å². The topological polar surface area (TPSA) is 38.8 Å². The van der Waals surface area contributed by atoms with Crippen molar-refractivity contribution in [1.82, 2.24) is 15.1 Å². The number of urea groups is 1. The molecular formula is C21H33ClN4O. The van der Waals surface area contributed by atoms with E-state index in [4.69, 9.17) is 11.6 Å². The standard InChI is InChI=1S/C21H33ClN4O/c1-24(2)21(27)23-19-7-3-17(4-8-19)11-12-25-13-15-26(16-14-25)20-9-5-18(22)6-10-20/h5-6,9-10,17,19H,3-4,7-8,11-16H2,1-2H3,(H,23,27). The van der Waals surface area contributed by atoms with Crippen LogP contribution in [0.15, 0.2) is 24.3 Å². The van der Waals surface area contributed by atoms with Gasteiger partial charge in [-0.2, -0.15) is 0 Å². The number of halogens is 1. The minimum atomic E-state index is 0.0389. The molecule has 1 aromatic rings. The predicted molar refractivity (Wildman–Crippen MR) is 113 cm³/mol. The van der Waals surface area contributed by atoms with Gasteiger partial charge in [0, 0.05) is 57.0 Å². The van der Waals surface area contributed by atoms with Crippen molar-refractivity contribution in [2.75, 3.05) is 51.7 Å². The first kappa shape index (κ1) is 20.3. The molecular weight excluding hydrogens is 360 g/mol. The third-order valence-corrected chi connectivity index (χ3v) is 6.25. The number of hydrogen-bond donors (Lipinski definition) is 1. The Bertz CT molecular complexity index is 591. The second-order valence-electron chi connectivity index (χ2n) is 8.16. The highest BCUT2D eigenvalue weighted by molar-refractivity contribution is 6.30. The summed E-state index contributed by atoms with van der Waals surface area (Å²) in [5, 5.41) is 3.93. The first-order valence-electron chi connectivity index (χ1n) is 10.2. The molecule has 1 saturated carbocycles. The zero-order valence-corrected chi connectivity index (χ0v) is 17.4. The molecule has 1 N–H and O–H groups in total. The summed E-state index contributed by atoms with van der Waals surface area (Å²) in [5.74, 6) is 0.812. The number of hydrogen-bond acceptors (Lipinski definition) is 3. The number of rotatable bonds is 5. The molecule has 0 aromatic heterocycles. The minimum absolute atomic E-state index is 0.0389. The van der Waals surface area contributed by atoms with Crippen LogP contribution < -0.4 is 10.2 Å². The lowest BCUT2D eigenvalue weighted by Gasteiger charge is -2.37. The highest BCUT2D eigenvalue weighted by atomic mass is 35.5. The molecule has 0 unspecified atom stereocenters. The molecule has 1 aliphatic heterocycles. The van der Waals surface area contributed by atoms with E-state index in [1.165, 1.54) is 31.5 Å². The van der Waals surface area contributed by atoms with E-state index in [1.54, 1.807) is 19.0 Å². The van der Waals surface area contributed by atoms with Crippen molar-refractivity contribution in [3.05, 3.63) is 29.3 Å². The second kappa shape index (κ2) is 9.65. The zero-order valence-electron chi connectivity index (χ0n) is 16.7. The van der Waals surface area contributed by atoms with E-state index in [0.29, 0.717) is 6.04 Å². The summed E-state index contributed by atoms with van der Waals surface area (Å²) >= 11 is 5.99. The highest BCUT2D eigenvalue weighted by Gasteiger charge is 2.24. The Morgan fingerprint density at radius 2 is 1.70 bits per heavy atom. The maximum absolute atomic E-state index is 11.8. The van der Waals surface area contributed by atoms with Crippen molar-refractivity contribution in [3.8, 4) is 0 Å². The van der Waals surface area contributed by atoms with Gasteiger partial charge in [-0.25, -0.2) is 4.79 Å². The van der Waals surface area contributed by atoms with Crippen LogP contribution in [-0.2, 0) is 0 Å². The number of carbonyl (C=O) groups is 1. The summed E-state index contributed by atoms with van der Waals surface area (Å²) in [7, 11) is 3.60. The zero-order chi connectivity index (χ0) is 19.2. The lowest BCUT2D eigenvalue weighted by atomic mass is 9.84. The maximum atomic E-state index is 11.8. The molecule has 2 aliphatic rings. The lowest BCUT2D eigenvalue weighted by molar-refractivity contribution is 0.194. The smallest absolute Gasteiger partial charge is 0.317 e. The third kappa shape index (κ3) is 6.01. The molecule has 0 bridgehead atoms. The van der Waals surface area contributed by atoms with Crippen molar-refractivity contribution >= 4 is 23.3 Å². The van der Waals surface area contributed by atoms with Crippen LogP contribution in [0.3, 0.4) is 0 Å². The van der Waals surface area contributed by atoms with Gasteiger partial charge in [0.25, 0.3) is 0 Å². The Hall–Kier alpha value is -1.46. The number of piperazine rings is 1. The Morgan fingerprint density at radius 3 is 2.30 bits per heavy atom. The van der Waals surface area contributed by atoms with Crippen molar-refractivity contribution in [2.45, 2.75) is 38.1 Å². The molecule has 2 fully saturated rings. The molecule has 0 atom stereocenters. The minimum Gasteiger partial charge on any atom is -0.369 e. The molecule has 0 radical (unpaired) electrons. The van der Waals surface area contributed by atoms with E-state index >= 15 is 0 Å². The summed E-state index contributed by atoms with van der Waals surface area (Å²) in [6.45, 7) is 5.65. The van der Waals surface area contributed by atoms with Gasteiger partial charge in [0.05, 0.1) is 0 Å². The molecule has 1 saturated heterocycles. The molecule has 0 spiro atoms. The van der Waals surface area contributed by atoms with Crippen LogP contribution in [0.2, 0.25) is 5.02 Å². The van der Waals surface area contributed by atoms with Gasteiger partial charge < -0.3 is 15.1 Å². The number of nitrogens with one attached hydrogen (secondary N) is 1. The van der Waals surface area contributed by atoms with Crippen LogP contribution in [0.4, 0.5) is 10.5 Å². The van der Waals surface area contributed by atoms with Crippen LogP contribution in [0, 0.1) is 5.92 Å². The summed E-state index contributed by atoms with van der Waals surface area (Å²) in [4.78, 5) is 18.4. The Kier molecular flexibility index (Phi) is 7.25. The molecule has 1 aromatic carbocycles. The largest absolute Gasteiger partial charge is 0.369 e. The fourth-order valence-electron chi connectivity index (χ4n) is 4.15. The van der Waals surface area contributed by atoms with E-state index in [0.717, 1.165) is 50.0 Å². The Balaban J connectivity index is 1.33. The Morgan fingerprint density at radius 1 is 1.07 bits per heavy atom. The summed E-state index contributed by atoms with van der Waals surface area (Å²) in [5.41, 5.74) is 1.28. The van der Waals surface area contributed by atoms with Gasteiger partial charge in [0.15, 0.2) is 0 Å². The lowest BCUT2D eigenvalue weighted by Crippen LogP contribution is -2.47. The fourth-order valence-corrected chi connectivity index (χ4v) is 4.27. The monoisotopic (exact) mass is 392 g/mol. The molecule has 150 valence electrons. The first-order chi connectivity index (χ1) is 13.0. The summed E-state index contributed by atoms with van der Waals surface area (Å²) in [6.07, 6.45) is 6.00. The average molecular weight is 393 g/mol. The molecule has 6 heteroatoms. The van der Waals surface area contributed by atoms with Crippen molar-refractivity contribution in [2.24, 2.45) is 5.92 Å². The molecule has 1 aliphatic carbocycles. The Labute approximate surface area is 168 Å². The SMILES string of the molecule is CN(C)C(=O)NC1CCC(CCN2CCN(c3ccc(Cl)cc3)CC2)CC1. The number of benzene rings is 1. The van der Waals surface area contributed by atoms with Crippen molar-refractivity contribution < 1.29 is 4.79 Å². The quantitative estimate of drug-likeness (QED) is 0.830. The van der Waals surface area contributed by atoms with Crippen molar-refractivity contribution in [3.63, 3.8) is 0 Å². The molecule has 27 heavy (non-hydrogen) atoms. The van der Waals surface area contributed by atoms with Gasteiger partial charge in [0.2, 0.25) is 0 Å². The van der Waals surface area contributed by atoms with Crippen LogP contribution in [-0.4, -0.2) is 68.7 Å². The van der Waals surface area contributed by atoms with Gasteiger partial charge in [-0.15, -0.1) is 0 Å². The fraction of sp³-hybridized carbons (Fsp3) is 0.667.